The molecule has 2 aromatic rings. The van der Waals surface area contributed by atoms with Crippen LogP contribution in [0.5, 0.6) is 0 Å². The maximum atomic E-state index is 11.8. The number of carbonyl (C=O) groups excluding carboxylic acids is 1. The first kappa shape index (κ1) is 13.2. The molecule has 0 radical (unpaired) electrons. The normalized spacial score (nSPS) is 13.2. The molecule has 3 rings (SSSR count). The molecule has 1 aliphatic carbocycles. The predicted molar refractivity (Wildman–Crippen MR) is 78.9 cm³/mol. The van der Waals surface area contributed by atoms with Crippen molar-refractivity contribution in [1.29, 1.82) is 0 Å². The van der Waals surface area contributed by atoms with E-state index in [0.29, 0.717) is 17.5 Å². The Hall–Kier alpha value is -1.82. The van der Waals surface area contributed by atoms with Gasteiger partial charge in [-0.3, -0.25) is 15.2 Å². The third kappa shape index (κ3) is 3.01. The summed E-state index contributed by atoms with van der Waals surface area (Å²) < 4.78 is 0. The quantitative estimate of drug-likeness (QED) is 0.847. The van der Waals surface area contributed by atoms with Gasteiger partial charge in [0.05, 0.1) is 5.75 Å². The number of aromatic amines is 1. The number of amides is 1. The lowest BCUT2D eigenvalue weighted by Gasteiger charge is -2.04. The van der Waals surface area contributed by atoms with E-state index in [1.165, 1.54) is 24.0 Å². The van der Waals surface area contributed by atoms with Crippen molar-refractivity contribution >= 4 is 23.6 Å². The van der Waals surface area contributed by atoms with Gasteiger partial charge in [0.25, 0.3) is 0 Å². The molecule has 6 heteroatoms. The largest absolute Gasteiger partial charge is 0.292 e. The van der Waals surface area contributed by atoms with Crippen LogP contribution in [0.25, 0.3) is 0 Å². The molecule has 0 saturated carbocycles. The summed E-state index contributed by atoms with van der Waals surface area (Å²) in [5.41, 5.74) is 2.88. The van der Waals surface area contributed by atoms with Crippen LogP contribution in [0.2, 0.25) is 0 Å². The maximum Gasteiger partial charge on any atom is 0.248 e. The van der Waals surface area contributed by atoms with Gasteiger partial charge in [0.15, 0.2) is 0 Å². The first-order valence-electron chi connectivity index (χ1n) is 6.64. The average Bonchev–Trinajstić information content (AvgIpc) is 3.04. The number of aromatic nitrogens is 3. The van der Waals surface area contributed by atoms with Crippen LogP contribution in [0, 0.1) is 6.92 Å². The number of benzene rings is 1. The zero-order valence-electron chi connectivity index (χ0n) is 11.3. The van der Waals surface area contributed by atoms with Gasteiger partial charge in [-0.1, -0.05) is 6.07 Å². The van der Waals surface area contributed by atoms with Gasteiger partial charge in [0.2, 0.25) is 11.9 Å². The van der Waals surface area contributed by atoms with Gasteiger partial charge in [-0.2, -0.15) is 4.98 Å². The zero-order chi connectivity index (χ0) is 13.9. The number of carbonyl (C=O) groups is 1. The molecule has 1 aliphatic rings. The Morgan fingerprint density at radius 1 is 1.40 bits per heavy atom. The Bertz CT molecular complexity index is 638. The number of nitrogens with zero attached hydrogens (tertiary/aromatic N) is 2. The number of rotatable bonds is 4. The SMILES string of the molecule is Cc1nc(NC(=O)CSc2ccc3c(c2)CCC3)n[nH]1. The second kappa shape index (κ2) is 5.66. The third-order valence-corrected chi connectivity index (χ3v) is 4.28. The molecule has 0 aliphatic heterocycles. The predicted octanol–water partition coefficient (Wildman–Crippen LogP) is 2.33. The molecule has 0 spiro atoms. The van der Waals surface area contributed by atoms with E-state index in [9.17, 15) is 4.79 Å². The Labute approximate surface area is 121 Å². The Balaban J connectivity index is 1.55. The van der Waals surface area contributed by atoms with E-state index in [1.807, 2.05) is 0 Å². The van der Waals surface area contributed by atoms with Crippen LogP contribution in [0.4, 0.5) is 5.95 Å². The topological polar surface area (TPSA) is 70.7 Å². The van der Waals surface area contributed by atoms with Crippen LogP contribution in [0.3, 0.4) is 0 Å². The Morgan fingerprint density at radius 2 is 2.25 bits per heavy atom. The van der Waals surface area contributed by atoms with Crippen molar-refractivity contribution in [3.63, 3.8) is 0 Å². The molecular weight excluding hydrogens is 272 g/mol. The van der Waals surface area contributed by atoms with Crippen molar-refractivity contribution in [2.24, 2.45) is 0 Å². The van der Waals surface area contributed by atoms with Gasteiger partial charge in [-0.15, -0.1) is 16.9 Å². The number of nitrogens with one attached hydrogen (secondary N) is 2. The Morgan fingerprint density at radius 3 is 3.05 bits per heavy atom. The molecule has 2 N–H and O–H groups in total. The first-order valence-corrected chi connectivity index (χ1v) is 7.63. The molecule has 5 nitrogen and oxygen atoms in total. The summed E-state index contributed by atoms with van der Waals surface area (Å²) in [5.74, 6) is 1.30. The molecule has 1 heterocycles. The third-order valence-electron chi connectivity index (χ3n) is 3.29. The molecule has 0 atom stereocenters. The number of fused-ring (bicyclic) bond motifs is 1. The molecule has 1 aromatic carbocycles. The van der Waals surface area contributed by atoms with E-state index in [-0.39, 0.29) is 5.91 Å². The van der Waals surface area contributed by atoms with Crippen molar-refractivity contribution in [3.8, 4) is 0 Å². The van der Waals surface area contributed by atoms with Gasteiger partial charge < -0.3 is 0 Å². The van der Waals surface area contributed by atoms with E-state index in [4.69, 9.17) is 0 Å². The van der Waals surface area contributed by atoms with Crippen LogP contribution in [0.15, 0.2) is 23.1 Å². The number of H-pyrrole nitrogens is 1. The van der Waals surface area contributed by atoms with Crippen molar-refractivity contribution in [2.45, 2.75) is 31.1 Å². The average molecular weight is 288 g/mol. The van der Waals surface area contributed by atoms with Crippen LogP contribution in [-0.2, 0) is 17.6 Å². The molecule has 0 fully saturated rings. The van der Waals surface area contributed by atoms with E-state index < -0.39 is 0 Å². The maximum absolute atomic E-state index is 11.8. The van der Waals surface area contributed by atoms with E-state index in [2.05, 4.69) is 38.7 Å². The van der Waals surface area contributed by atoms with Crippen molar-refractivity contribution in [2.75, 3.05) is 11.1 Å². The highest BCUT2D eigenvalue weighted by atomic mass is 32.2. The summed E-state index contributed by atoms with van der Waals surface area (Å²) in [4.78, 5) is 17.0. The summed E-state index contributed by atoms with van der Waals surface area (Å²) in [6.45, 7) is 1.79. The lowest BCUT2D eigenvalue weighted by molar-refractivity contribution is -0.113. The Kier molecular flexibility index (Phi) is 3.73. The molecule has 0 unspecified atom stereocenters. The number of anilines is 1. The minimum Gasteiger partial charge on any atom is -0.292 e. The van der Waals surface area contributed by atoms with E-state index in [0.717, 1.165) is 11.3 Å². The number of thioether (sulfide) groups is 1. The molecular formula is C14H16N4OS. The monoisotopic (exact) mass is 288 g/mol. The number of hydrogen-bond donors (Lipinski definition) is 2. The fourth-order valence-corrected chi connectivity index (χ4v) is 3.11. The second-order valence-electron chi connectivity index (χ2n) is 4.87. The first-order chi connectivity index (χ1) is 9.70. The minimum atomic E-state index is -0.0884. The van der Waals surface area contributed by atoms with Crippen LogP contribution in [0.1, 0.15) is 23.4 Å². The van der Waals surface area contributed by atoms with Crippen LogP contribution < -0.4 is 5.32 Å². The summed E-state index contributed by atoms with van der Waals surface area (Å²) >= 11 is 1.54. The van der Waals surface area contributed by atoms with Crippen molar-refractivity contribution in [3.05, 3.63) is 35.2 Å². The van der Waals surface area contributed by atoms with Gasteiger partial charge in [-0.05, 0) is 49.4 Å². The van der Waals surface area contributed by atoms with Gasteiger partial charge >= 0.3 is 0 Å². The fraction of sp³-hybridized carbons (Fsp3) is 0.357. The highest BCUT2D eigenvalue weighted by Gasteiger charge is 2.12. The molecule has 20 heavy (non-hydrogen) atoms. The molecule has 0 bridgehead atoms. The van der Waals surface area contributed by atoms with E-state index in [1.54, 1.807) is 18.7 Å². The summed E-state index contributed by atoms with van der Waals surface area (Å²) in [7, 11) is 0. The fourth-order valence-electron chi connectivity index (χ4n) is 2.35. The van der Waals surface area contributed by atoms with Crippen LogP contribution >= 0.6 is 11.8 Å². The summed E-state index contributed by atoms with van der Waals surface area (Å²) in [5, 5.41) is 9.25. The number of hydrogen-bond acceptors (Lipinski definition) is 4. The molecule has 1 amide bonds. The van der Waals surface area contributed by atoms with Gasteiger partial charge in [0, 0.05) is 4.90 Å². The van der Waals surface area contributed by atoms with Gasteiger partial charge in [-0.25, -0.2) is 0 Å². The molecule has 1 aromatic heterocycles. The van der Waals surface area contributed by atoms with Crippen LogP contribution in [-0.4, -0.2) is 26.8 Å². The second-order valence-corrected chi connectivity index (χ2v) is 5.91. The van der Waals surface area contributed by atoms with Crippen molar-refractivity contribution < 1.29 is 4.79 Å². The highest BCUT2D eigenvalue weighted by molar-refractivity contribution is 8.00. The molecule has 0 saturated heterocycles. The zero-order valence-corrected chi connectivity index (χ0v) is 12.1. The smallest absolute Gasteiger partial charge is 0.248 e. The van der Waals surface area contributed by atoms with Gasteiger partial charge in [0.1, 0.15) is 5.82 Å². The van der Waals surface area contributed by atoms with E-state index >= 15 is 0 Å². The summed E-state index contributed by atoms with van der Waals surface area (Å²) in [6.07, 6.45) is 3.59. The molecule has 104 valence electrons. The van der Waals surface area contributed by atoms with Crippen molar-refractivity contribution in [1.82, 2.24) is 15.2 Å². The lowest BCUT2D eigenvalue weighted by Crippen LogP contribution is -2.15. The minimum absolute atomic E-state index is 0.0884. The number of aryl methyl sites for hydroxylation is 3. The summed E-state index contributed by atoms with van der Waals surface area (Å²) in [6, 6.07) is 6.48. The standard InChI is InChI=1S/C14H16N4OS/c1-9-15-14(18-17-9)16-13(19)8-20-12-6-5-10-3-2-4-11(10)7-12/h5-7H,2-4,8H2,1H3,(H2,15,16,17,18,19). The highest BCUT2D eigenvalue weighted by Crippen LogP contribution is 2.27. The lowest BCUT2D eigenvalue weighted by atomic mass is 10.1.